The second-order valence-electron chi connectivity index (χ2n) is 4.95. The van der Waals surface area contributed by atoms with Crippen molar-refractivity contribution in [3.63, 3.8) is 0 Å². The van der Waals surface area contributed by atoms with Gasteiger partial charge in [0, 0.05) is 6.08 Å². The van der Waals surface area contributed by atoms with Crippen LogP contribution in [0.4, 0.5) is 0 Å². The SMILES string of the molecule is COC(=O)/C=C/C1(N2C(=O)c3ccccc3C2=O)CC1. The molecule has 2 amide bonds. The van der Waals surface area contributed by atoms with Crippen molar-refractivity contribution in [1.29, 1.82) is 0 Å². The zero-order valence-electron chi connectivity index (χ0n) is 11.0. The molecule has 5 nitrogen and oxygen atoms in total. The molecule has 0 unspecified atom stereocenters. The van der Waals surface area contributed by atoms with Crippen molar-refractivity contribution in [3.8, 4) is 0 Å². The van der Waals surface area contributed by atoms with Crippen LogP contribution in [0, 0.1) is 0 Å². The van der Waals surface area contributed by atoms with Gasteiger partial charge in [-0.2, -0.15) is 0 Å². The monoisotopic (exact) mass is 271 g/mol. The number of amides is 2. The predicted octanol–water partition coefficient (Wildman–Crippen LogP) is 1.54. The molecule has 0 N–H and O–H groups in total. The zero-order valence-corrected chi connectivity index (χ0v) is 11.0. The van der Waals surface area contributed by atoms with Crippen molar-refractivity contribution in [2.24, 2.45) is 0 Å². The lowest BCUT2D eigenvalue weighted by Gasteiger charge is -2.22. The number of methoxy groups -OCH3 is 1. The second kappa shape index (κ2) is 4.30. The first kappa shape index (κ1) is 12.6. The van der Waals surface area contributed by atoms with Crippen LogP contribution < -0.4 is 0 Å². The molecule has 5 heteroatoms. The van der Waals surface area contributed by atoms with Gasteiger partial charge in [-0.3, -0.25) is 14.5 Å². The zero-order chi connectivity index (χ0) is 14.3. The number of ether oxygens (including phenoxy) is 1. The largest absolute Gasteiger partial charge is 0.466 e. The Morgan fingerprint density at radius 2 is 1.75 bits per heavy atom. The lowest BCUT2D eigenvalue weighted by molar-refractivity contribution is -0.134. The lowest BCUT2D eigenvalue weighted by atomic mass is 10.1. The number of rotatable bonds is 3. The van der Waals surface area contributed by atoms with E-state index in [0.29, 0.717) is 24.0 Å². The summed E-state index contributed by atoms with van der Waals surface area (Å²) in [6.45, 7) is 0. The summed E-state index contributed by atoms with van der Waals surface area (Å²) in [7, 11) is 1.29. The number of esters is 1. The Bertz CT molecular complexity index is 608. The quantitative estimate of drug-likeness (QED) is 0.475. The van der Waals surface area contributed by atoms with Crippen LogP contribution in [-0.4, -0.2) is 35.3 Å². The molecule has 102 valence electrons. The highest BCUT2D eigenvalue weighted by molar-refractivity contribution is 6.22. The number of hydrogen-bond donors (Lipinski definition) is 0. The van der Waals surface area contributed by atoms with E-state index in [1.54, 1.807) is 30.3 Å². The molecule has 1 aromatic carbocycles. The molecule has 0 atom stereocenters. The summed E-state index contributed by atoms with van der Waals surface area (Å²) in [6.07, 6.45) is 4.22. The Balaban J connectivity index is 1.93. The summed E-state index contributed by atoms with van der Waals surface area (Å²) in [5.41, 5.74) is 0.187. The number of carbonyl (C=O) groups excluding carboxylic acids is 3. The van der Waals surface area contributed by atoms with E-state index < -0.39 is 11.5 Å². The molecule has 20 heavy (non-hydrogen) atoms. The highest BCUT2D eigenvalue weighted by Crippen LogP contribution is 2.46. The van der Waals surface area contributed by atoms with Gasteiger partial charge in [0.25, 0.3) is 11.8 Å². The molecule has 0 spiro atoms. The van der Waals surface area contributed by atoms with Gasteiger partial charge in [0.15, 0.2) is 0 Å². The molecular formula is C15H13NO4. The van der Waals surface area contributed by atoms with Crippen LogP contribution in [0.3, 0.4) is 0 Å². The summed E-state index contributed by atoms with van der Waals surface area (Å²) in [4.78, 5) is 37.2. The molecule has 0 radical (unpaired) electrons. The average molecular weight is 271 g/mol. The minimum atomic E-state index is -0.665. The van der Waals surface area contributed by atoms with E-state index in [9.17, 15) is 14.4 Å². The predicted molar refractivity (Wildman–Crippen MR) is 70.1 cm³/mol. The van der Waals surface area contributed by atoms with Crippen LogP contribution in [0.5, 0.6) is 0 Å². The molecule has 2 aliphatic rings. The number of imide groups is 1. The second-order valence-corrected chi connectivity index (χ2v) is 4.95. The maximum absolute atomic E-state index is 12.4. The van der Waals surface area contributed by atoms with Crippen molar-refractivity contribution < 1.29 is 19.1 Å². The number of hydrogen-bond acceptors (Lipinski definition) is 4. The van der Waals surface area contributed by atoms with Crippen molar-refractivity contribution in [2.75, 3.05) is 7.11 Å². The molecule has 1 aliphatic heterocycles. The molecule has 1 aromatic rings. The molecule has 1 heterocycles. The van der Waals surface area contributed by atoms with Gasteiger partial charge >= 0.3 is 5.97 Å². The van der Waals surface area contributed by atoms with Gasteiger partial charge in [-0.15, -0.1) is 0 Å². The topological polar surface area (TPSA) is 63.7 Å². The van der Waals surface area contributed by atoms with Crippen molar-refractivity contribution in [1.82, 2.24) is 4.90 Å². The third kappa shape index (κ3) is 1.74. The fourth-order valence-electron chi connectivity index (χ4n) is 2.48. The van der Waals surface area contributed by atoms with E-state index in [4.69, 9.17) is 0 Å². The number of benzene rings is 1. The first-order valence-electron chi connectivity index (χ1n) is 6.34. The fraction of sp³-hybridized carbons (Fsp3) is 0.267. The molecule has 0 aromatic heterocycles. The first-order valence-corrected chi connectivity index (χ1v) is 6.34. The van der Waals surface area contributed by atoms with Crippen molar-refractivity contribution >= 4 is 17.8 Å². The van der Waals surface area contributed by atoms with Gasteiger partial charge < -0.3 is 4.74 Å². The third-order valence-corrected chi connectivity index (χ3v) is 3.73. The van der Waals surface area contributed by atoms with Crippen LogP contribution in [0.1, 0.15) is 33.6 Å². The van der Waals surface area contributed by atoms with E-state index in [1.807, 2.05) is 0 Å². The van der Waals surface area contributed by atoms with Gasteiger partial charge in [-0.25, -0.2) is 4.79 Å². The fourth-order valence-corrected chi connectivity index (χ4v) is 2.48. The Morgan fingerprint density at radius 3 is 2.20 bits per heavy atom. The number of nitrogens with zero attached hydrogens (tertiary/aromatic N) is 1. The standard InChI is InChI=1S/C15H13NO4/c1-20-12(17)6-7-15(8-9-15)16-13(18)10-4-2-3-5-11(10)14(16)19/h2-7H,8-9H2,1H3/b7-6+. The number of carbonyl (C=O) groups is 3. The Hall–Kier alpha value is -2.43. The average Bonchev–Trinajstić information content (AvgIpc) is 3.20. The lowest BCUT2D eigenvalue weighted by Crippen LogP contribution is -2.40. The normalized spacial score (nSPS) is 19.4. The van der Waals surface area contributed by atoms with E-state index in [0.717, 1.165) is 0 Å². The summed E-state index contributed by atoms with van der Waals surface area (Å²) < 4.78 is 4.54. The summed E-state index contributed by atoms with van der Waals surface area (Å²) in [5, 5.41) is 0. The van der Waals surface area contributed by atoms with Gasteiger partial charge in [0.1, 0.15) is 0 Å². The van der Waals surface area contributed by atoms with E-state index in [2.05, 4.69) is 4.74 Å². The molecular weight excluding hydrogens is 258 g/mol. The van der Waals surface area contributed by atoms with Crippen LogP contribution >= 0.6 is 0 Å². The first-order chi connectivity index (χ1) is 9.59. The molecule has 3 rings (SSSR count). The van der Waals surface area contributed by atoms with E-state index in [1.165, 1.54) is 18.1 Å². The Labute approximate surface area is 115 Å². The Kier molecular flexibility index (Phi) is 2.71. The molecule has 0 bridgehead atoms. The number of fused-ring (bicyclic) bond motifs is 1. The van der Waals surface area contributed by atoms with Crippen molar-refractivity contribution in [3.05, 3.63) is 47.5 Å². The third-order valence-electron chi connectivity index (χ3n) is 3.73. The smallest absolute Gasteiger partial charge is 0.330 e. The van der Waals surface area contributed by atoms with E-state index >= 15 is 0 Å². The summed E-state index contributed by atoms with van der Waals surface area (Å²) >= 11 is 0. The maximum Gasteiger partial charge on any atom is 0.330 e. The highest BCUT2D eigenvalue weighted by atomic mass is 16.5. The van der Waals surface area contributed by atoms with Gasteiger partial charge in [-0.1, -0.05) is 18.2 Å². The minimum absolute atomic E-state index is 0.294. The van der Waals surface area contributed by atoms with Crippen LogP contribution in [0.2, 0.25) is 0 Å². The molecule has 1 fully saturated rings. The highest BCUT2D eigenvalue weighted by Gasteiger charge is 2.54. The summed E-state index contributed by atoms with van der Waals surface area (Å²) in [5.74, 6) is -1.08. The molecule has 0 saturated heterocycles. The molecule has 1 aliphatic carbocycles. The molecule has 1 saturated carbocycles. The maximum atomic E-state index is 12.4. The Morgan fingerprint density at radius 1 is 1.20 bits per heavy atom. The van der Waals surface area contributed by atoms with Crippen LogP contribution in [-0.2, 0) is 9.53 Å². The van der Waals surface area contributed by atoms with Gasteiger partial charge in [0.05, 0.1) is 23.8 Å². The van der Waals surface area contributed by atoms with Crippen molar-refractivity contribution in [2.45, 2.75) is 18.4 Å². The van der Waals surface area contributed by atoms with Crippen LogP contribution in [0.25, 0.3) is 0 Å². The van der Waals surface area contributed by atoms with Crippen LogP contribution in [0.15, 0.2) is 36.4 Å². The van der Waals surface area contributed by atoms with E-state index in [-0.39, 0.29) is 11.8 Å². The summed E-state index contributed by atoms with van der Waals surface area (Å²) in [6, 6.07) is 6.76. The minimum Gasteiger partial charge on any atom is -0.466 e. The van der Waals surface area contributed by atoms with Gasteiger partial charge in [-0.05, 0) is 25.0 Å². The van der Waals surface area contributed by atoms with Gasteiger partial charge in [0.2, 0.25) is 0 Å².